The van der Waals surface area contributed by atoms with E-state index in [0.717, 1.165) is 55.5 Å². The van der Waals surface area contributed by atoms with Crippen molar-refractivity contribution >= 4 is 39.6 Å². The maximum Gasteiger partial charge on any atom is 0.341 e. The molecule has 3 aromatic rings. The van der Waals surface area contributed by atoms with E-state index < -0.39 is 0 Å². The van der Waals surface area contributed by atoms with E-state index in [0.29, 0.717) is 42.0 Å². The van der Waals surface area contributed by atoms with Crippen LogP contribution in [-0.2, 0) is 28.9 Å². The van der Waals surface area contributed by atoms with E-state index in [4.69, 9.17) is 9.26 Å². The van der Waals surface area contributed by atoms with Crippen LogP contribution in [0.15, 0.2) is 22.0 Å². The quantitative estimate of drug-likeness (QED) is 0.467. The smallest absolute Gasteiger partial charge is 0.341 e. The lowest BCUT2D eigenvalue weighted by molar-refractivity contribution is -0.121. The lowest BCUT2D eigenvalue weighted by Gasteiger charge is -2.30. The van der Waals surface area contributed by atoms with E-state index in [1.54, 1.807) is 18.3 Å². The Morgan fingerprint density at radius 1 is 1.29 bits per heavy atom. The number of likely N-dealkylation sites (tertiary alicyclic amines) is 1. The first kappa shape index (κ1) is 23.2. The zero-order valence-corrected chi connectivity index (χ0v) is 20.8. The molecule has 1 unspecified atom stereocenters. The summed E-state index contributed by atoms with van der Waals surface area (Å²) in [4.78, 5) is 34.8. The average Bonchev–Trinajstić information content (AvgIpc) is 3.59. The van der Waals surface area contributed by atoms with Gasteiger partial charge in [-0.3, -0.25) is 9.69 Å². The number of esters is 1. The van der Waals surface area contributed by atoms with Crippen LogP contribution >= 0.6 is 22.7 Å². The van der Waals surface area contributed by atoms with Crippen molar-refractivity contribution in [3.8, 4) is 10.7 Å². The van der Waals surface area contributed by atoms with Gasteiger partial charge in [-0.2, -0.15) is 4.98 Å². The predicted molar refractivity (Wildman–Crippen MR) is 131 cm³/mol. The molecule has 1 saturated heterocycles. The van der Waals surface area contributed by atoms with Crippen LogP contribution in [0.25, 0.3) is 10.7 Å². The summed E-state index contributed by atoms with van der Waals surface area (Å²) in [5.74, 6) is 0.617. The minimum atomic E-state index is -0.333. The first-order valence-electron chi connectivity index (χ1n) is 11.8. The average molecular weight is 501 g/mol. The van der Waals surface area contributed by atoms with Gasteiger partial charge in [0.25, 0.3) is 0 Å². The molecule has 1 atom stereocenters. The molecule has 0 saturated carbocycles. The fraction of sp³-hybridized carbons (Fsp3) is 0.500. The lowest BCUT2D eigenvalue weighted by Crippen LogP contribution is -2.40. The number of fused-ring (bicyclic) bond motifs is 1. The summed E-state index contributed by atoms with van der Waals surface area (Å²) in [5.41, 5.74) is 1.63. The molecule has 1 fully saturated rings. The lowest BCUT2D eigenvalue weighted by atomic mass is 9.95. The number of aryl methyl sites for hydroxylation is 1. The molecule has 5 rings (SSSR count). The summed E-state index contributed by atoms with van der Waals surface area (Å²) < 4.78 is 10.8. The van der Waals surface area contributed by atoms with Crippen molar-refractivity contribution in [2.24, 2.45) is 5.92 Å². The number of aromatic nitrogens is 2. The minimum Gasteiger partial charge on any atom is -0.462 e. The zero-order chi connectivity index (χ0) is 23.5. The van der Waals surface area contributed by atoms with E-state index >= 15 is 0 Å². The van der Waals surface area contributed by atoms with Gasteiger partial charge in [0.05, 0.1) is 29.5 Å². The second kappa shape index (κ2) is 10.4. The molecule has 8 nitrogen and oxygen atoms in total. The summed E-state index contributed by atoms with van der Waals surface area (Å²) in [6.45, 7) is 4.13. The van der Waals surface area contributed by atoms with E-state index in [2.05, 4.69) is 20.4 Å². The number of amides is 1. The molecular weight excluding hydrogens is 472 g/mol. The fourth-order valence-corrected chi connectivity index (χ4v) is 6.65. The van der Waals surface area contributed by atoms with Crippen LogP contribution in [0.5, 0.6) is 0 Å². The van der Waals surface area contributed by atoms with Gasteiger partial charge in [-0.05, 0) is 69.0 Å². The molecule has 3 aromatic heterocycles. The number of carbonyl (C=O) groups is 2. The largest absolute Gasteiger partial charge is 0.462 e. The Hall–Kier alpha value is -2.56. The predicted octanol–water partition coefficient (Wildman–Crippen LogP) is 4.77. The third kappa shape index (κ3) is 4.94. The number of nitrogens with one attached hydrogen (secondary N) is 1. The highest BCUT2D eigenvalue weighted by Gasteiger charge is 2.31. The Kier molecular flexibility index (Phi) is 7.07. The molecule has 0 aromatic carbocycles. The van der Waals surface area contributed by atoms with Gasteiger partial charge in [-0.15, -0.1) is 22.7 Å². The molecule has 0 bridgehead atoms. The van der Waals surface area contributed by atoms with Gasteiger partial charge in [0, 0.05) is 11.4 Å². The third-order valence-electron chi connectivity index (χ3n) is 6.33. The molecule has 0 radical (unpaired) electrons. The van der Waals surface area contributed by atoms with E-state index in [1.807, 2.05) is 17.5 Å². The normalized spacial score (nSPS) is 18.4. The van der Waals surface area contributed by atoms with Crippen molar-refractivity contribution in [2.75, 3.05) is 25.0 Å². The van der Waals surface area contributed by atoms with Crippen molar-refractivity contribution in [2.45, 2.75) is 52.0 Å². The Labute approximate surface area is 206 Å². The topological polar surface area (TPSA) is 97.6 Å². The summed E-state index contributed by atoms with van der Waals surface area (Å²) in [5, 5.41) is 9.80. The van der Waals surface area contributed by atoms with Gasteiger partial charge < -0.3 is 14.6 Å². The number of thiophene rings is 2. The second-order valence-electron chi connectivity index (χ2n) is 8.69. The molecule has 4 heterocycles. The second-order valence-corrected chi connectivity index (χ2v) is 10.7. The van der Waals surface area contributed by atoms with Crippen LogP contribution in [0, 0.1) is 5.92 Å². The van der Waals surface area contributed by atoms with Crippen molar-refractivity contribution in [3.63, 3.8) is 0 Å². The standard InChI is InChI=1S/C24H28N4O4S2/c1-2-31-24(30)20-16-8-3-4-9-17(16)34-23(20)26-22(29)15-7-5-11-28(13-15)14-19-25-21(27-32-19)18-10-6-12-33-18/h6,10,12,15H,2-5,7-9,11,13-14H2,1H3,(H,26,29). The summed E-state index contributed by atoms with van der Waals surface area (Å²) in [6, 6.07) is 3.93. The number of carbonyl (C=O) groups excluding carboxylic acids is 2. The van der Waals surface area contributed by atoms with Crippen LogP contribution in [-0.4, -0.2) is 46.6 Å². The van der Waals surface area contributed by atoms with Crippen LogP contribution in [0.2, 0.25) is 0 Å². The highest BCUT2D eigenvalue weighted by atomic mass is 32.1. The number of ether oxygens (including phenoxy) is 1. The Morgan fingerprint density at radius 2 is 2.18 bits per heavy atom. The van der Waals surface area contributed by atoms with Crippen LogP contribution < -0.4 is 5.32 Å². The van der Waals surface area contributed by atoms with Gasteiger partial charge in [-0.25, -0.2) is 4.79 Å². The minimum absolute atomic E-state index is 0.0429. The molecular formula is C24H28N4O4S2. The van der Waals surface area contributed by atoms with Crippen molar-refractivity contribution < 1.29 is 18.8 Å². The zero-order valence-electron chi connectivity index (χ0n) is 19.2. The monoisotopic (exact) mass is 500 g/mol. The molecule has 1 N–H and O–H groups in total. The summed E-state index contributed by atoms with van der Waals surface area (Å²) in [6.07, 6.45) is 5.72. The van der Waals surface area contributed by atoms with Crippen LogP contribution in [0.4, 0.5) is 5.00 Å². The van der Waals surface area contributed by atoms with Gasteiger partial charge in [0.2, 0.25) is 17.6 Å². The molecule has 1 aliphatic carbocycles. The molecule has 180 valence electrons. The first-order valence-corrected chi connectivity index (χ1v) is 13.5. The summed E-state index contributed by atoms with van der Waals surface area (Å²) in [7, 11) is 0. The highest BCUT2D eigenvalue weighted by molar-refractivity contribution is 7.17. The summed E-state index contributed by atoms with van der Waals surface area (Å²) >= 11 is 3.11. The van der Waals surface area contributed by atoms with Gasteiger partial charge >= 0.3 is 5.97 Å². The first-order chi connectivity index (χ1) is 16.6. The molecule has 1 aliphatic heterocycles. The van der Waals surface area contributed by atoms with Crippen molar-refractivity contribution in [1.82, 2.24) is 15.0 Å². The molecule has 1 amide bonds. The van der Waals surface area contributed by atoms with Crippen LogP contribution in [0.1, 0.15) is 59.3 Å². The molecule has 10 heteroatoms. The van der Waals surface area contributed by atoms with Crippen molar-refractivity contribution in [1.29, 1.82) is 0 Å². The fourth-order valence-electron chi connectivity index (χ4n) is 4.72. The SMILES string of the molecule is CCOC(=O)c1c(NC(=O)C2CCCN(Cc3nc(-c4cccs4)no3)C2)sc2c1CCCC2. The molecule has 34 heavy (non-hydrogen) atoms. The number of rotatable bonds is 7. The maximum atomic E-state index is 13.2. The number of hydrogen-bond donors (Lipinski definition) is 1. The third-order valence-corrected chi connectivity index (χ3v) is 8.41. The Balaban J connectivity index is 1.25. The highest BCUT2D eigenvalue weighted by Crippen LogP contribution is 2.39. The maximum absolute atomic E-state index is 13.2. The van der Waals surface area contributed by atoms with E-state index in [-0.39, 0.29) is 17.8 Å². The van der Waals surface area contributed by atoms with E-state index in [9.17, 15) is 9.59 Å². The number of hydrogen-bond acceptors (Lipinski definition) is 9. The van der Waals surface area contributed by atoms with Gasteiger partial charge in [0.1, 0.15) is 5.00 Å². The van der Waals surface area contributed by atoms with Gasteiger partial charge in [0.15, 0.2) is 0 Å². The van der Waals surface area contributed by atoms with Crippen molar-refractivity contribution in [3.05, 3.63) is 39.4 Å². The molecule has 0 spiro atoms. The number of anilines is 1. The number of nitrogens with zero attached hydrogens (tertiary/aromatic N) is 3. The molecule has 2 aliphatic rings. The van der Waals surface area contributed by atoms with E-state index in [1.165, 1.54) is 16.2 Å². The number of piperidine rings is 1. The Bertz CT molecular complexity index is 1150. The van der Waals surface area contributed by atoms with Gasteiger partial charge in [-0.1, -0.05) is 11.2 Å². The van der Waals surface area contributed by atoms with Crippen LogP contribution in [0.3, 0.4) is 0 Å². The Morgan fingerprint density at radius 3 is 3.00 bits per heavy atom.